The van der Waals surface area contributed by atoms with Crippen molar-refractivity contribution in [2.75, 3.05) is 20.2 Å². The van der Waals surface area contributed by atoms with E-state index < -0.39 is 0 Å². The van der Waals surface area contributed by atoms with Crippen LogP contribution < -0.4 is 9.47 Å². The molecule has 2 heterocycles. The second-order valence-corrected chi connectivity index (χ2v) is 6.07. The van der Waals surface area contributed by atoms with Gasteiger partial charge >= 0.3 is 0 Å². The molecule has 0 bridgehead atoms. The summed E-state index contributed by atoms with van der Waals surface area (Å²) in [4.78, 5) is 14.5. The molecular weight excluding hydrogens is 330 g/mol. The Morgan fingerprint density at radius 1 is 1.29 bits per heavy atom. The van der Waals surface area contributed by atoms with Crippen molar-refractivity contribution >= 4 is 17.5 Å². The van der Waals surface area contributed by atoms with Crippen LogP contribution in [0.4, 0.5) is 0 Å². The number of amides is 1. The minimum absolute atomic E-state index is 0.101. The van der Waals surface area contributed by atoms with Gasteiger partial charge < -0.3 is 14.4 Å². The molecule has 1 aliphatic heterocycles. The van der Waals surface area contributed by atoms with Crippen LogP contribution in [0.15, 0.2) is 30.3 Å². The van der Waals surface area contributed by atoms with E-state index in [4.69, 9.17) is 21.1 Å². The first-order valence-corrected chi connectivity index (χ1v) is 8.04. The number of methoxy groups -OCH3 is 1. The molecule has 1 aliphatic rings. The molecule has 1 saturated heterocycles. The Hall–Kier alpha value is -2.34. The zero-order chi connectivity index (χ0) is 17.1. The normalized spacial score (nSPS) is 17.0. The summed E-state index contributed by atoms with van der Waals surface area (Å²) in [6.45, 7) is 2.97. The number of aromatic nitrogens is 2. The molecule has 2 aromatic rings. The molecule has 24 heavy (non-hydrogen) atoms. The number of rotatable bonds is 4. The molecule has 0 unspecified atom stereocenters. The fraction of sp³-hybridized carbons (Fsp3) is 0.353. The topological polar surface area (TPSA) is 64.5 Å². The van der Waals surface area contributed by atoms with Crippen LogP contribution in [0.25, 0.3) is 0 Å². The number of carbonyl (C=O) groups excluding carboxylic acids is 1. The average molecular weight is 348 g/mol. The zero-order valence-electron chi connectivity index (χ0n) is 13.5. The zero-order valence-corrected chi connectivity index (χ0v) is 14.3. The van der Waals surface area contributed by atoms with Crippen molar-refractivity contribution in [2.45, 2.75) is 19.4 Å². The number of hydrogen-bond acceptors (Lipinski definition) is 5. The lowest BCUT2D eigenvalue weighted by Gasteiger charge is -2.18. The molecule has 0 saturated carbocycles. The van der Waals surface area contributed by atoms with Gasteiger partial charge in [0.15, 0.2) is 0 Å². The first-order valence-electron chi connectivity index (χ1n) is 7.66. The van der Waals surface area contributed by atoms with E-state index in [0.29, 0.717) is 35.3 Å². The van der Waals surface area contributed by atoms with Crippen LogP contribution in [0, 0.1) is 6.92 Å². The number of aryl methyl sites for hydroxylation is 1. The van der Waals surface area contributed by atoms with E-state index in [1.54, 1.807) is 29.2 Å². The van der Waals surface area contributed by atoms with Crippen molar-refractivity contribution in [2.24, 2.45) is 0 Å². The van der Waals surface area contributed by atoms with E-state index >= 15 is 0 Å². The predicted octanol–water partition coefficient (Wildman–Crippen LogP) is 2.74. The van der Waals surface area contributed by atoms with Crippen LogP contribution in [-0.4, -0.2) is 47.3 Å². The molecule has 1 fully saturated rings. The lowest BCUT2D eigenvalue weighted by molar-refractivity contribution is 0.0767. The third-order valence-electron chi connectivity index (χ3n) is 3.88. The molecular formula is C17H18ClN3O3. The van der Waals surface area contributed by atoms with Gasteiger partial charge in [0.1, 0.15) is 11.9 Å². The smallest absolute Gasteiger partial charge is 0.257 e. The van der Waals surface area contributed by atoms with Crippen LogP contribution in [0.1, 0.15) is 22.5 Å². The van der Waals surface area contributed by atoms with E-state index in [1.807, 2.05) is 13.0 Å². The van der Waals surface area contributed by atoms with Crippen LogP contribution in [0.3, 0.4) is 0 Å². The summed E-state index contributed by atoms with van der Waals surface area (Å²) in [5.74, 6) is 0.869. The molecule has 1 aromatic heterocycles. The minimum Gasteiger partial charge on any atom is -0.496 e. The fourth-order valence-electron chi connectivity index (χ4n) is 2.65. The van der Waals surface area contributed by atoms with E-state index in [1.165, 1.54) is 7.11 Å². The highest BCUT2D eigenvalue weighted by atomic mass is 35.5. The summed E-state index contributed by atoms with van der Waals surface area (Å²) in [7, 11) is 1.53. The number of nitrogens with zero attached hydrogens (tertiary/aromatic N) is 3. The molecule has 0 spiro atoms. The van der Waals surface area contributed by atoms with Crippen LogP contribution in [0.5, 0.6) is 11.6 Å². The summed E-state index contributed by atoms with van der Waals surface area (Å²) in [5, 5.41) is 8.47. The molecule has 1 atom stereocenters. The Kier molecular flexibility index (Phi) is 4.85. The van der Waals surface area contributed by atoms with Gasteiger partial charge in [-0.3, -0.25) is 4.79 Å². The van der Waals surface area contributed by atoms with Crippen LogP contribution in [0.2, 0.25) is 5.02 Å². The summed E-state index contributed by atoms with van der Waals surface area (Å²) < 4.78 is 11.1. The number of likely N-dealkylation sites (tertiary alicyclic amines) is 1. The van der Waals surface area contributed by atoms with Gasteiger partial charge in [0, 0.05) is 24.1 Å². The fourth-order valence-corrected chi connectivity index (χ4v) is 2.82. The summed E-state index contributed by atoms with van der Waals surface area (Å²) in [6, 6.07) is 8.65. The van der Waals surface area contributed by atoms with Crippen molar-refractivity contribution in [3.05, 3.63) is 46.6 Å². The summed E-state index contributed by atoms with van der Waals surface area (Å²) in [5.41, 5.74) is 1.29. The monoisotopic (exact) mass is 347 g/mol. The quantitative estimate of drug-likeness (QED) is 0.850. The SMILES string of the molecule is COc1ccc(Cl)cc1C(=O)N1CC[C@@H](Oc2ccc(C)nn2)C1. The lowest BCUT2D eigenvalue weighted by atomic mass is 10.1. The first kappa shape index (κ1) is 16.5. The standard InChI is InChI=1S/C17H18ClN3O3/c1-11-3-6-16(20-19-11)24-13-7-8-21(10-13)17(22)14-9-12(18)4-5-15(14)23-2/h3-6,9,13H,7-8,10H2,1-2H3/t13-/m1/s1. The highest BCUT2D eigenvalue weighted by molar-refractivity contribution is 6.31. The first-order chi connectivity index (χ1) is 11.6. The average Bonchev–Trinajstić information content (AvgIpc) is 3.05. The predicted molar refractivity (Wildman–Crippen MR) is 89.7 cm³/mol. The second kappa shape index (κ2) is 7.05. The molecule has 126 valence electrons. The maximum absolute atomic E-state index is 12.7. The Morgan fingerprint density at radius 2 is 2.12 bits per heavy atom. The largest absolute Gasteiger partial charge is 0.496 e. The summed E-state index contributed by atoms with van der Waals surface area (Å²) >= 11 is 6.01. The maximum Gasteiger partial charge on any atom is 0.257 e. The van der Waals surface area contributed by atoms with Crippen LogP contribution >= 0.6 is 11.6 Å². The second-order valence-electron chi connectivity index (χ2n) is 5.64. The molecule has 0 aliphatic carbocycles. The van der Waals surface area contributed by atoms with Gasteiger partial charge in [-0.15, -0.1) is 5.10 Å². The van der Waals surface area contributed by atoms with Gasteiger partial charge in [0.05, 0.1) is 24.9 Å². The number of halogens is 1. The molecule has 1 aromatic carbocycles. The third-order valence-corrected chi connectivity index (χ3v) is 4.12. The van der Waals surface area contributed by atoms with E-state index in [9.17, 15) is 4.79 Å². The molecule has 6 nitrogen and oxygen atoms in total. The van der Waals surface area contributed by atoms with Crippen molar-refractivity contribution in [3.8, 4) is 11.6 Å². The summed E-state index contributed by atoms with van der Waals surface area (Å²) in [6.07, 6.45) is 0.639. The van der Waals surface area contributed by atoms with Crippen molar-refractivity contribution in [1.82, 2.24) is 15.1 Å². The molecule has 1 amide bonds. The molecule has 3 rings (SSSR count). The van der Waals surface area contributed by atoms with E-state index in [0.717, 1.165) is 12.1 Å². The van der Waals surface area contributed by atoms with Gasteiger partial charge in [-0.25, -0.2) is 0 Å². The van der Waals surface area contributed by atoms with Crippen molar-refractivity contribution in [3.63, 3.8) is 0 Å². The minimum atomic E-state index is -0.115. The Labute approximate surface area is 145 Å². The number of benzene rings is 1. The lowest BCUT2D eigenvalue weighted by Crippen LogP contribution is -2.31. The van der Waals surface area contributed by atoms with Crippen LogP contribution in [-0.2, 0) is 0 Å². The Morgan fingerprint density at radius 3 is 2.83 bits per heavy atom. The van der Waals surface area contributed by atoms with Crippen molar-refractivity contribution < 1.29 is 14.3 Å². The highest BCUT2D eigenvalue weighted by Crippen LogP contribution is 2.26. The van der Waals surface area contributed by atoms with Gasteiger partial charge in [-0.1, -0.05) is 11.6 Å². The van der Waals surface area contributed by atoms with Crippen molar-refractivity contribution in [1.29, 1.82) is 0 Å². The van der Waals surface area contributed by atoms with E-state index in [2.05, 4.69) is 10.2 Å². The number of hydrogen-bond donors (Lipinski definition) is 0. The Balaban J connectivity index is 1.68. The maximum atomic E-state index is 12.7. The third kappa shape index (κ3) is 3.59. The van der Waals surface area contributed by atoms with Gasteiger partial charge in [0.2, 0.25) is 5.88 Å². The number of ether oxygens (including phenoxy) is 2. The highest BCUT2D eigenvalue weighted by Gasteiger charge is 2.30. The molecule has 0 N–H and O–H groups in total. The molecule has 0 radical (unpaired) electrons. The Bertz CT molecular complexity index is 736. The van der Waals surface area contributed by atoms with Gasteiger partial charge in [-0.2, -0.15) is 5.10 Å². The van der Waals surface area contributed by atoms with Gasteiger partial charge in [-0.05, 0) is 31.2 Å². The number of carbonyl (C=O) groups is 1. The van der Waals surface area contributed by atoms with Gasteiger partial charge in [0.25, 0.3) is 5.91 Å². The molecule has 7 heteroatoms. The van der Waals surface area contributed by atoms with E-state index in [-0.39, 0.29) is 12.0 Å².